The standard InChI is InChI=1S/C24H21F3N4O2/c1-23(2,14-28)21-9-7-18(13-30-21)29-10-4-5-19-12-17-11-16(22(32)33-3)6-8-20(17)31(19)15-24(25,26)27/h6-9,11-13,29H,10,15H2,1-3H3. The lowest BCUT2D eigenvalue weighted by Gasteiger charge is -2.14. The number of carbonyl (C=O) groups excluding carboxylic acids is 1. The SMILES string of the molecule is COC(=O)c1ccc2c(c1)cc(C#CCNc1ccc(C(C)(C)C#N)nc1)n2CC(F)(F)F. The third-order valence-electron chi connectivity index (χ3n) is 4.94. The first-order valence-corrected chi connectivity index (χ1v) is 9.93. The molecule has 0 fully saturated rings. The van der Waals surface area contributed by atoms with E-state index in [1.807, 2.05) is 0 Å². The Hall–Kier alpha value is -3.98. The van der Waals surface area contributed by atoms with Crippen LogP contribution in [0.25, 0.3) is 10.9 Å². The second-order valence-corrected chi connectivity index (χ2v) is 7.82. The smallest absolute Gasteiger partial charge is 0.406 e. The highest BCUT2D eigenvalue weighted by atomic mass is 19.4. The van der Waals surface area contributed by atoms with Gasteiger partial charge in [-0.15, -0.1) is 0 Å². The van der Waals surface area contributed by atoms with Crippen molar-refractivity contribution in [2.24, 2.45) is 0 Å². The van der Waals surface area contributed by atoms with E-state index in [2.05, 4.69) is 32.9 Å². The van der Waals surface area contributed by atoms with Crippen molar-refractivity contribution < 1.29 is 22.7 Å². The van der Waals surface area contributed by atoms with Gasteiger partial charge < -0.3 is 14.6 Å². The summed E-state index contributed by atoms with van der Waals surface area (Å²) in [7, 11) is 1.23. The Labute approximate surface area is 189 Å². The number of esters is 1. The van der Waals surface area contributed by atoms with Gasteiger partial charge in [0.2, 0.25) is 0 Å². The highest BCUT2D eigenvalue weighted by molar-refractivity contribution is 5.95. The Balaban J connectivity index is 1.83. The summed E-state index contributed by atoms with van der Waals surface area (Å²) in [5, 5.41) is 12.7. The van der Waals surface area contributed by atoms with Crippen molar-refractivity contribution in [1.82, 2.24) is 9.55 Å². The molecule has 3 aromatic rings. The van der Waals surface area contributed by atoms with Crippen molar-refractivity contribution in [3.63, 3.8) is 0 Å². The Kier molecular flexibility index (Phi) is 6.64. The zero-order chi connectivity index (χ0) is 24.2. The first-order valence-electron chi connectivity index (χ1n) is 9.93. The molecule has 0 aliphatic carbocycles. The van der Waals surface area contributed by atoms with Gasteiger partial charge in [-0.2, -0.15) is 18.4 Å². The average molecular weight is 454 g/mol. The van der Waals surface area contributed by atoms with Crippen LogP contribution in [0.15, 0.2) is 42.6 Å². The van der Waals surface area contributed by atoms with Crippen LogP contribution in [0, 0.1) is 23.2 Å². The van der Waals surface area contributed by atoms with E-state index in [0.717, 1.165) is 4.57 Å². The number of rotatable bonds is 5. The number of nitrogens with one attached hydrogen (secondary N) is 1. The fraction of sp³-hybridized carbons (Fsp3) is 0.292. The fourth-order valence-electron chi connectivity index (χ4n) is 3.18. The number of fused-ring (bicyclic) bond motifs is 1. The molecule has 0 aliphatic rings. The van der Waals surface area contributed by atoms with Crippen LogP contribution in [0.3, 0.4) is 0 Å². The van der Waals surface area contributed by atoms with Crippen molar-refractivity contribution in [2.45, 2.75) is 32.0 Å². The summed E-state index contributed by atoms with van der Waals surface area (Å²) in [6.45, 7) is 2.50. The minimum atomic E-state index is -4.44. The van der Waals surface area contributed by atoms with Crippen LogP contribution in [0.4, 0.5) is 18.9 Å². The molecule has 0 amide bonds. The molecule has 0 saturated heterocycles. The van der Waals surface area contributed by atoms with Crippen LogP contribution in [0.1, 0.15) is 35.6 Å². The van der Waals surface area contributed by atoms with Gasteiger partial charge in [-0.05, 0) is 56.2 Å². The maximum Gasteiger partial charge on any atom is 0.406 e. The van der Waals surface area contributed by atoms with Gasteiger partial charge in [-0.3, -0.25) is 4.98 Å². The van der Waals surface area contributed by atoms with E-state index in [9.17, 15) is 23.2 Å². The van der Waals surface area contributed by atoms with E-state index in [1.165, 1.54) is 31.4 Å². The number of halogens is 3. The molecule has 2 heterocycles. The Bertz CT molecular complexity index is 1270. The third-order valence-corrected chi connectivity index (χ3v) is 4.94. The minimum Gasteiger partial charge on any atom is -0.465 e. The summed E-state index contributed by atoms with van der Waals surface area (Å²) < 4.78 is 45.2. The fourth-order valence-corrected chi connectivity index (χ4v) is 3.18. The average Bonchev–Trinajstić information content (AvgIpc) is 3.11. The van der Waals surface area contributed by atoms with Gasteiger partial charge in [0.15, 0.2) is 0 Å². The van der Waals surface area contributed by atoms with Crippen molar-refractivity contribution in [1.29, 1.82) is 5.26 Å². The Morgan fingerprint density at radius 2 is 1.97 bits per heavy atom. The molecule has 0 atom stereocenters. The number of alkyl halides is 3. The van der Waals surface area contributed by atoms with Crippen LogP contribution in [0.2, 0.25) is 0 Å². The molecule has 9 heteroatoms. The highest BCUT2D eigenvalue weighted by Gasteiger charge is 2.29. The number of pyridine rings is 1. The summed E-state index contributed by atoms with van der Waals surface area (Å²) in [5.41, 5.74) is 1.32. The predicted molar refractivity (Wildman–Crippen MR) is 118 cm³/mol. The molecule has 0 bridgehead atoms. The number of hydrogen-bond acceptors (Lipinski definition) is 5. The van der Waals surface area contributed by atoms with Crippen LogP contribution in [-0.4, -0.2) is 35.4 Å². The van der Waals surface area contributed by atoms with Crippen molar-refractivity contribution in [3.8, 4) is 17.9 Å². The van der Waals surface area contributed by atoms with Crippen molar-refractivity contribution >= 4 is 22.6 Å². The van der Waals surface area contributed by atoms with Gasteiger partial charge in [0.05, 0.1) is 54.0 Å². The number of nitrogens with zero attached hydrogens (tertiary/aromatic N) is 3. The van der Waals surface area contributed by atoms with Gasteiger partial charge in [0.1, 0.15) is 6.54 Å². The number of anilines is 1. The molecule has 0 spiro atoms. The number of aromatic nitrogens is 2. The molecule has 0 unspecified atom stereocenters. The normalized spacial score (nSPS) is 11.4. The summed E-state index contributed by atoms with van der Waals surface area (Å²) in [6.07, 6.45) is -2.86. The summed E-state index contributed by atoms with van der Waals surface area (Å²) >= 11 is 0. The van der Waals surface area contributed by atoms with E-state index in [4.69, 9.17) is 0 Å². The van der Waals surface area contributed by atoms with Gasteiger partial charge in [0.25, 0.3) is 0 Å². The summed E-state index contributed by atoms with van der Waals surface area (Å²) in [5.74, 6) is 5.02. The second-order valence-electron chi connectivity index (χ2n) is 7.82. The molecule has 0 radical (unpaired) electrons. The zero-order valence-corrected chi connectivity index (χ0v) is 18.2. The number of methoxy groups -OCH3 is 1. The van der Waals surface area contributed by atoms with Gasteiger partial charge in [-0.25, -0.2) is 4.79 Å². The molecule has 3 rings (SSSR count). The maximum absolute atomic E-state index is 13.2. The first kappa shape index (κ1) is 23.7. The van der Waals surface area contributed by atoms with Crippen LogP contribution >= 0.6 is 0 Å². The molecular weight excluding hydrogens is 433 g/mol. The molecule has 33 heavy (non-hydrogen) atoms. The van der Waals surface area contributed by atoms with E-state index in [-0.39, 0.29) is 17.8 Å². The van der Waals surface area contributed by atoms with Crippen molar-refractivity contribution in [3.05, 3.63) is 59.5 Å². The predicted octanol–water partition coefficient (Wildman–Crippen LogP) is 4.65. The lowest BCUT2D eigenvalue weighted by Crippen LogP contribution is -2.18. The van der Waals surface area contributed by atoms with Crippen LogP contribution < -0.4 is 5.32 Å². The number of ether oxygens (including phenoxy) is 1. The van der Waals surface area contributed by atoms with E-state index < -0.39 is 24.1 Å². The van der Waals surface area contributed by atoms with E-state index in [1.54, 1.807) is 32.2 Å². The number of carbonyl (C=O) groups is 1. The number of nitriles is 1. The van der Waals surface area contributed by atoms with Crippen LogP contribution in [-0.2, 0) is 16.7 Å². The lowest BCUT2D eigenvalue weighted by molar-refractivity contribution is -0.140. The van der Waals surface area contributed by atoms with Crippen LogP contribution in [0.5, 0.6) is 0 Å². The molecule has 1 N–H and O–H groups in total. The third kappa shape index (κ3) is 5.64. The molecule has 0 saturated carbocycles. The number of benzene rings is 1. The molecular formula is C24H21F3N4O2. The van der Waals surface area contributed by atoms with E-state index in [0.29, 0.717) is 22.3 Å². The largest absolute Gasteiger partial charge is 0.465 e. The van der Waals surface area contributed by atoms with E-state index >= 15 is 0 Å². The maximum atomic E-state index is 13.2. The minimum absolute atomic E-state index is 0.170. The highest BCUT2D eigenvalue weighted by Crippen LogP contribution is 2.26. The Morgan fingerprint density at radius 1 is 1.21 bits per heavy atom. The zero-order valence-electron chi connectivity index (χ0n) is 18.2. The van der Waals surface area contributed by atoms with Gasteiger partial charge in [0, 0.05) is 10.9 Å². The quantitative estimate of drug-likeness (QED) is 0.449. The monoisotopic (exact) mass is 454 g/mol. The van der Waals surface area contributed by atoms with Crippen molar-refractivity contribution in [2.75, 3.05) is 19.0 Å². The molecule has 0 aliphatic heterocycles. The lowest BCUT2D eigenvalue weighted by atomic mass is 9.91. The second kappa shape index (κ2) is 9.25. The molecule has 170 valence electrons. The Morgan fingerprint density at radius 3 is 2.58 bits per heavy atom. The molecule has 6 nitrogen and oxygen atoms in total. The number of hydrogen-bond donors (Lipinski definition) is 1. The first-order chi connectivity index (χ1) is 15.5. The summed E-state index contributed by atoms with van der Waals surface area (Å²) in [4.78, 5) is 16.0. The van der Waals surface area contributed by atoms with Gasteiger partial charge >= 0.3 is 12.1 Å². The molecule has 1 aromatic carbocycles. The summed E-state index contributed by atoms with van der Waals surface area (Å²) in [6, 6.07) is 11.5. The topological polar surface area (TPSA) is 79.9 Å². The van der Waals surface area contributed by atoms with Gasteiger partial charge in [-0.1, -0.05) is 5.92 Å². The molecule has 2 aromatic heterocycles.